The number of carbonyl (C=O) groups is 1. The van der Waals surface area contributed by atoms with Crippen LogP contribution >= 0.6 is 0 Å². The van der Waals surface area contributed by atoms with Crippen LogP contribution in [-0.2, 0) is 14.0 Å². The lowest BCUT2D eigenvalue weighted by Crippen LogP contribution is -2.51. The summed E-state index contributed by atoms with van der Waals surface area (Å²) in [6.45, 7) is 12.7. The van der Waals surface area contributed by atoms with Crippen molar-refractivity contribution in [3.05, 3.63) is 11.8 Å². The van der Waals surface area contributed by atoms with Crippen LogP contribution in [0.5, 0.6) is 0 Å². The Balaban J connectivity index is 2.53. The standard InChI is InChI=1S/C16H30BNO6/c1-14(2,3)22-13(19)18-10-8-12(9-11-18)23-17(21)24-16(6,7)15(4,5)20/h8,20-21H,9-11H2,1-7H3. The van der Waals surface area contributed by atoms with Crippen LogP contribution in [-0.4, -0.2) is 58.3 Å². The predicted octanol–water partition coefficient (Wildman–Crippen LogP) is 2.07. The molecule has 0 fully saturated rings. The molecule has 2 N–H and O–H groups in total. The Hall–Kier alpha value is -1.25. The van der Waals surface area contributed by atoms with Crippen LogP contribution in [0.4, 0.5) is 4.79 Å². The summed E-state index contributed by atoms with van der Waals surface area (Å²) in [6, 6.07) is 0. The molecule has 0 aliphatic carbocycles. The first-order chi connectivity index (χ1) is 10.7. The molecule has 0 unspecified atom stereocenters. The average Bonchev–Trinajstić information content (AvgIpc) is 2.35. The molecule has 0 aromatic carbocycles. The minimum absolute atomic E-state index is 0.339. The maximum atomic E-state index is 12.0. The van der Waals surface area contributed by atoms with E-state index in [0.717, 1.165) is 0 Å². The van der Waals surface area contributed by atoms with Gasteiger partial charge in [-0.1, -0.05) is 0 Å². The number of hydrogen-bond acceptors (Lipinski definition) is 6. The van der Waals surface area contributed by atoms with Crippen LogP contribution in [0.2, 0.25) is 0 Å². The van der Waals surface area contributed by atoms with Crippen molar-refractivity contribution in [2.75, 3.05) is 13.1 Å². The van der Waals surface area contributed by atoms with Crippen LogP contribution in [0, 0.1) is 0 Å². The van der Waals surface area contributed by atoms with Crippen LogP contribution in [0.15, 0.2) is 11.8 Å². The van der Waals surface area contributed by atoms with Crippen molar-refractivity contribution >= 4 is 13.4 Å². The Kier molecular flexibility index (Phi) is 6.35. The fourth-order valence-electron chi connectivity index (χ4n) is 1.80. The third-order valence-corrected chi connectivity index (χ3v) is 3.94. The van der Waals surface area contributed by atoms with Gasteiger partial charge in [0.15, 0.2) is 0 Å². The minimum atomic E-state index is -1.49. The van der Waals surface area contributed by atoms with E-state index >= 15 is 0 Å². The first-order valence-electron chi connectivity index (χ1n) is 8.13. The fraction of sp³-hybridized carbons (Fsp3) is 0.812. The van der Waals surface area contributed by atoms with Gasteiger partial charge in [0.05, 0.1) is 17.0 Å². The van der Waals surface area contributed by atoms with Crippen LogP contribution < -0.4 is 0 Å². The molecule has 8 heteroatoms. The molecule has 0 spiro atoms. The number of aliphatic hydroxyl groups is 1. The van der Waals surface area contributed by atoms with Crippen molar-refractivity contribution in [2.45, 2.75) is 71.7 Å². The molecule has 1 aliphatic rings. The highest BCUT2D eigenvalue weighted by Crippen LogP contribution is 2.26. The van der Waals surface area contributed by atoms with E-state index in [0.29, 0.717) is 25.3 Å². The van der Waals surface area contributed by atoms with E-state index in [9.17, 15) is 14.9 Å². The Morgan fingerprint density at radius 1 is 1.21 bits per heavy atom. The largest absolute Gasteiger partial charge is 0.710 e. The van der Waals surface area contributed by atoms with Gasteiger partial charge < -0.3 is 29.1 Å². The first-order valence-corrected chi connectivity index (χ1v) is 8.13. The van der Waals surface area contributed by atoms with Gasteiger partial charge in [0, 0.05) is 19.5 Å². The van der Waals surface area contributed by atoms with Crippen LogP contribution in [0.25, 0.3) is 0 Å². The van der Waals surface area contributed by atoms with E-state index in [1.807, 2.05) is 20.8 Å². The highest BCUT2D eigenvalue weighted by molar-refractivity contribution is 6.35. The highest BCUT2D eigenvalue weighted by atomic mass is 16.7. The molecular weight excluding hydrogens is 313 g/mol. The summed E-state index contributed by atoms with van der Waals surface area (Å²) in [7, 11) is -1.49. The van der Waals surface area contributed by atoms with Crippen molar-refractivity contribution in [1.29, 1.82) is 0 Å². The summed E-state index contributed by atoms with van der Waals surface area (Å²) in [4.78, 5) is 13.5. The minimum Gasteiger partial charge on any atom is -0.516 e. The van der Waals surface area contributed by atoms with Gasteiger partial charge in [-0.3, -0.25) is 0 Å². The summed E-state index contributed by atoms with van der Waals surface area (Å²) >= 11 is 0. The molecule has 0 aromatic heterocycles. The Morgan fingerprint density at radius 3 is 2.21 bits per heavy atom. The zero-order valence-electron chi connectivity index (χ0n) is 15.8. The van der Waals surface area contributed by atoms with Crippen molar-refractivity contribution < 1.29 is 29.0 Å². The van der Waals surface area contributed by atoms with Gasteiger partial charge >= 0.3 is 13.4 Å². The summed E-state index contributed by atoms with van der Waals surface area (Å²) in [5, 5.41) is 20.0. The van der Waals surface area contributed by atoms with Gasteiger partial charge in [-0.15, -0.1) is 0 Å². The normalized spacial score (nSPS) is 16.5. The molecule has 0 saturated carbocycles. The van der Waals surface area contributed by atoms with Gasteiger partial charge in [0.1, 0.15) is 5.60 Å². The molecule has 1 heterocycles. The maximum absolute atomic E-state index is 12.0. The second kappa shape index (κ2) is 7.33. The highest BCUT2D eigenvalue weighted by Gasteiger charge is 2.41. The Labute approximate surface area is 144 Å². The SMILES string of the molecule is CC(C)(C)OC(=O)N1CC=C(OB(O)OC(C)(C)C(C)(C)O)CC1. The molecular formula is C16H30BNO6. The van der Waals surface area contributed by atoms with Crippen molar-refractivity contribution in [3.8, 4) is 0 Å². The van der Waals surface area contributed by atoms with Gasteiger partial charge in [-0.05, 0) is 54.5 Å². The maximum Gasteiger partial charge on any atom is 0.710 e. The zero-order valence-corrected chi connectivity index (χ0v) is 15.8. The number of nitrogens with zero attached hydrogens (tertiary/aromatic N) is 1. The zero-order chi connectivity index (χ0) is 18.8. The molecule has 1 aliphatic heterocycles. The quantitative estimate of drug-likeness (QED) is 0.743. The third-order valence-electron chi connectivity index (χ3n) is 3.94. The van der Waals surface area contributed by atoms with Crippen molar-refractivity contribution in [1.82, 2.24) is 4.90 Å². The van der Waals surface area contributed by atoms with Crippen LogP contribution in [0.3, 0.4) is 0 Å². The second-order valence-corrected chi connectivity index (χ2v) is 7.96. The van der Waals surface area contributed by atoms with Gasteiger partial charge in [0.25, 0.3) is 0 Å². The summed E-state index contributed by atoms with van der Waals surface area (Å²) in [6.07, 6.45) is 1.78. The molecule has 0 saturated heterocycles. The Morgan fingerprint density at radius 2 is 1.79 bits per heavy atom. The van der Waals surface area contributed by atoms with E-state index in [1.54, 1.807) is 38.7 Å². The topological polar surface area (TPSA) is 88.5 Å². The lowest BCUT2D eigenvalue weighted by Gasteiger charge is -2.38. The number of carbonyl (C=O) groups excluding carboxylic acids is 1. The molecule has 7 nitrogen and oxygen atoms in total. The second-order valence-electron chi connectivity index (χ2n) is 7.96. The van der Waals surface area contributed by atoms with Crippen LogP contribution in [0.1, 0.15) is 54.9 Å². The molecule has 1 rings (SSSR count). The molecule has 138 valence electrons. The predicted molar refractivity (Wildman–Crippen MR) is 91.0 cm³/mol. The van der Waals surface area contributed by atoms with E-state index in [-0.39, 0.29) is 6.09 Å². The number of ether oxygens (including phenoxy) is 1. The lowest BCUT2D eigenvalue weighted by atomic mass is 9.88. The molecule has 0 radical (unpaired) electrons. The number of hydrogen-bond donors (Lipinski definition) is 2. The monoisotopic (exact) mass is 343 g/mol. The summed E-state index contributed by atoms with van der Waals surface area (Å²) < 4.78 is 16.1. The van der Waals surface area contributed by atoms with Gasteiger partial charge in [-0.2, -0.15) is 0 Å². The summed E-state index contributed by atoms with van der Waals surface area (Å²) in [5.41, 5.74) is -2.68. The average molecular weight is 343 g/mol. The molecule has 1 amide bonds. The number of rotatable bonds is 5. The van der Waals surface area contributed by atoms with E-state index in [2.05, 4.69) is 0 Å². The number of amides is 1. The first kappa shape index (κ1) is 20.8. The Bertz CT molecular complexity index is 478. The molecule has 0 bridgehead atoms. The summed E-state index contributed by atoms with van der Waals surface area (Å²) in [5.74, 6) is 0.536. The molecule has 0 atom stereocenters. The fourth-order valence-corrected chi connectivity index (χ4v) is 1.80. The molecule has 0 aromatic rings. The molecule has 24 heavy (non-hydrogen) atoms. The smallest absolute Gasteiger partial charge is 0.516 e. The van der Waals surface area contributed by atoms with Crippen molar-refractivity contribution in [2.24, 2.45) is 0 Å². The van der Waals surface area contributed by atoms with Crippen molar-refractivity contribution in [3.63, 3.8) is 0 Å². The lowest BCUT2D eigenvalue weighted by molar-refractivity contribution is -0.110. The van der Waals surface area contributed by atoms with E-state index in [4.69, 9.17) is 14.0 Å². The van der Waals surface area contributed by atoms with Gasteiger partial charge in [0.2, 0.25) is 0 Å². The van der Waals surface area contributed by atoms with E-state index in [1.165, 1.54) is 0 Å². The van der Waals surface area contributed by atoms with E-state index < -0.39 is 24.1 Å². The van der Waals surface area contributed by atoms with Gasteiger partial charge in [-0.25, -0.2) is 4.79 Å². The third kappa shape index (κ3) is 6.34.